The molecule has 0 aliphatic carbocycles. The fraction of sp³-hybridized carbons (Fsp3) is 0.125. The minimum Gasteiger partial charge on any atom is -0.398 e. The van der Waals surface area contributed by atoms with Gasteiger partial charge in [0.15, 0.2) is 0 Å². The zero-order valence-electron chi connectivity index (χ0n) is 11.0. The molecule has 3 nitrogen and oxygen atoms in total. The molecule has 2 heterocycles. The summed E-state index contributed by atoms with van der Waals surface area (Å²) in [6, 6.07) is 11.9. The molecule has 0 radical (unpaired) electrons. The topological polar surface area (TPSA) is 51.8 Å². The van der Waals surface area contributed by atoms with Gasteiger partial charge in [0.25, 0.3) is 0 Å². The first kappa shape index (κ1) is 11.7. The maximum Gasteiger partial charge on any atom is 0.0943 e. The van der Waals surface area contributed by atoms with Gasteiger partial charge in [0, 0.05) is 22.8 Å². The van der Waals surface area contributed by atoms with Crippen molar-refractivity contribution in [2.75, 3.05) is 5.73 Å². The van der Waals surface area contributed by atoms with Crippen molar-refractivity contribution in [3.63, 3.8) is 0 Å². The molecule has 0 amide bonds. The predicted molar refractivity (Wildman–Crippen MR) is 78.9 cm³/mol. The van der Waals surface area contributed by atoms with Gasteiger partial charge in [0.05, 0.1) is 16.9 Å². The molecule has 0 aliphatic rings. The minimum atomic E-state index is 0.795. The third kappa shape index (κ3) is 1.83. The molecule has 94 valence electrons. The number of anilines is 1. The number of hydrogen-bond donors (Lipinski definition) is 1. The second-order valence-corrected chi connectivity index (χ2v) is 4.68. The molecule has 0 bridgehead atoms. The summed E-state index contributed by atoms with van der Waals surface area (Å²) in [6.45, 7) is 4.05. The van der Waals surface area contributed by atoms with E-state index in [1.807, 2.05) is 37.3 Å². The molecule has 3 aromatic rings. The van der Waals surface area contributed by atoms with Crippen molar-refractivity contribution >= 4 is 16.6 Å². The zero-order valence-corrected chi connectivity index (χ0v) is 11.0. The lowest BCUT2D eigenvalue weighted by atomic mass is 10.0. The number of fused-ring (bicyclic) bond motifs is 1. The number of aryl methyl sites for hydroxylation is 1. The Bertz CT molecular complexity index is 749. The maximum absolute atomic E-state index is 6.29. The zero-order chi connectivity index (χ0) is 13.4. The van der Waals surface area contributed by atoms with E-state index in [4.69, 9.17) is 10.7 Å². The molecule has 0 atom stereocenters. The first-order chi connectivity index (χ1) is 9.18. The van der Waals surface area contributed by atoms with Crippen molar-refractivity contribution in [1.29, 1.82) is 0 Å². The van der Waals surface area contributed by atoms with Crippen LogP contribution >= 0.6 is 0 Å². The number of aromatic nitrogens is 2. The molecule has 0 saturated heterocycles. The summed E-state index contributed by atoms with van der Waals surface area (Å²) in [6.07, 6.45) is 1.77. The number of pyridine rings is 2. The fourth-order valence-electron chi connectivity index (χ4n) is 2.37. The molecule has 0 saturated carbocycles. The number of hydrogen-bond acceptors (Lipinski definition) is 3. The van der Waals surface area contributed by atoms with Crippen LogP contribution in [0.2, 0.25) is 0 Å². The van der Waals surface area contributed by atoms with Gasteiger partial charge >= 0.3 is 0 Å². The molecule has 2 N–H and O–H groups in total. The summed E-state index contributed by atoms with van der Waals surface area (Å²) in [7, 11) is 0. The standard InChI is InChI=1S/C16H15N3/c1-10-6-5-8-12-14(10)15(17)11(2)16(19-12)13-7-3-4-9-18-13/h3-9H,1-2H3,(H2,17,19). The van der Waals surface area contributed by atoms with E-state index in [1.165, 1.54) is 0 Å². The van der Waals surface area contributed by atoms with E-state index in [1.54, 1.807) is 6.20 Å². The van der Waals surface area contributed by atoms with Gasteiger partial charge in [-0.25, -0.2) is 4.98 Å². The van der Waals surface area contributed by atoms with E-state index in [0.717, 1.165) is 39.1 Å². The molecule has 3 rings (SSSR count). The van der Waals surface area contributed by atoms with E-state index >= 15 is 0 Å². The van der Waals surface area contributed by atoms with E-state index in [0.29, 0.717) is 0 Å². The van der Waals surface area contributed by atoms with E-state index < -0.39 is 0 Å². The normalized spacial score (nSPS) is 10.8. The summed E-state index contributed by atoms with van der Waals surface area (Å²) in [5, 5.41) is 1.04. The van der Waals surface area contributed by atoms with Gasteiger partial charge in [0.1, 0.15) is 0 Å². The second-order valence-electron chi connectivity index (χ2n) is 4.68. The summed E-state index contributed by atoms with van der Waals surface area (Å²) in [5.41, 5.74) is 11.9. The first-order valence-electron chi connectivity index (χ1n) is 6.25. The molecule has 0 unspecified atom stereocenters. The van der Waals surface area contributed by atoms with Crippen LogP contribution in [-0.4, -0.2) is 9.97 Å². The monoisotopic (exact) mass is 249 g/mol. The van der Waals surface area contributed by atoms with E-state index in [-0.39, 0.29) is 0 Å². The van der Waals surface area contributed by atoms with Crippen LogP contribution in [0, 0.1) is 13.8 Å². The van der Waals surface area contributed by atoms with Crippen LogP contribution in [0.3, 0.4) is 0 Å². The fourth-order valence-corrected chi connectivity index (χ4v) is 2.37. The van der Waals surface area contributed by atoms with Crippen LogP contribution in [0.5, 0.6) is 0 Å². The highest BCUT2D eigenvalue weighted by Crippen LogP contribution is 2.31. The summed E-state index contributed by atoms with van der Waals surface area (Å²) >= 11 is 0. The highest BCUT2D eigenvalue weighted by Gasteiger charge is 2.12. The number of nitrogens with zero attached hydrogens (tertiary/aromatic N) is 2. The van der Waals surface area contributed by atoms with Gasteiger partial charge in [-0.2, -0.15) is 0 Å². The Morgan fingerprint density at radius 1 is 1.00 bits per heavy atom. The first-order valence-corrected chi connectivity index (χ1v) is 6.25. The van der Waals surface area contributed by atoms with Crippen molar-refractivity contribution in [1.82, 2.24) is 9.97 Å². The van der Waals surface area contributed by atoms with Crippen LogP contribution < -0.4 is 5.73 Å². The van der Waals surface area contributed by atoms with E-state index in [2.05, 4.69) is 18.0 Å². The summed E-state index contributed by atoms with van der Waals surface area (Å²) in [4.78, 5) is 9.09. The quantitative estimate of drug-likeness (QED) is 0.718. The molecule has 3 heteroatoms. The molecular formula is C16H15N3. The van der Waals surface area contributed by atoms with Crippen LogP contribution in [0.25, 0.3) is 22.3 Å². The Labute approximate surface area is 112 Å². The van der Waals surface area contributed by atoms with Crippen LogP contribution in [0.1, 0.15) is 11.1 Å². The molecule has 0 spiro atoms. The lowest BCUT2D eigenvalue weighted by Crippen LogP contribution is -2.00. The van der Waals surface area contributed by atoms with E-state index in [9.17, 15) is 0 Å². The number of benzene rings is 1. The van der Waals surface area contributed by atoms with Gasteiger partial charge in [0.2, 0.25) is 0 Å². The Hall–Kier alpha value is -2.42. The molecule has 1 aromatic carbocycles. The van der Waals surface area contributed by atoms with Crippen molar-refractivity contribution in [3.8, 4) is 11.4 Å². The molecular weight excluding hydrogens is 234 g/mol. The van der Waals surface area contributed by atoms with Crippen molar-refractivity contribution in [2.24, 2.45) is 0 Å². The van der Waals surface area contributed by atoms with Crippen molar-refractivity contribution in [3.05, 3.63) is 53.7 Å². The maximum atomic E-state index is 6.29. The van der Waals surface area contributed by atoms with Gasteiger partial charge in [-0.3, -0.25) is 4.98 Å². The van der Waals surface area contributed by atoms with Crippen LogP contribution in [-0.2, 0) is 0 Å². The Morgan fingerprint density at radius 2 is 1.84 bits per heavy atom. The average Bonchev–Trinajstić information content (AvgIpc) is 2.43. The van der Waals surface area contributed by atoms with Crippen LogP contribution in [0.15, 0.2) is 42.6 Å². The molecule has 0 aliphatic heterocycles. The third-order valence-corrected chi connectivity index (χ3v) is 3.42. The van der Waals surface area contributed by atoms with Gasteiger partial charge in [-0.15, -0.1) is 0 Å². The van der Waals surface area contributed by atoms with Gasteiger partial charge in [-0.05, 0) is 37.6 Å². The Morgan fingerprint density at radius 3 is 2.58 bits per heavy atom. The summed E-state index contributed by atoms with van der Waals surface area (Å²) < 4.78 is 0. The SMILES string of the molecule is Cc1c(-c2ccccn2)nc2cccc(C)c2c1N. The van der Waals surface area contributed by atoms with Crippen LogP contribution in [0.4, 0.5) is 5.69 Å². The third-order valence-electron chi connectivity index (χ3n) is 3.42. The largest absolute Gasteiger partial charge is 0.398 e. The smallest absolute Gasteiger partial charge is 0.0943 e. The lowest BCUT2D eigenvalue weighted by Gasteiger charge is -2.12. The Kier molecular flexibility index (Phi) is 2.67. The van der Waals surface area contributed by atoms with Gasteiger partial charge in [-0.1, -0.05) is 18.2 Å². The predicted octanol–water partition coefficient (Wildman–Crippen LogP) is 3.50. The van der Waals surface area contributed by atoms with Crippen molar-refractivity contribution < 1.29 is 0 Å². The Balaban J connectivity index is 2.37. The van der Waals surface area contributed by atoms with Gasteiger partial charge < -0.3 is 5.73 Å². The highest BCUT2D eigenvalue weighted by atomic mass is 14.8. The lowest BCUT2D eigenvalue weighted by molar-refractivity contribution is 1.24. The minimum absolute atomic E-state index is 0.795. The number of nitrogen functional groups attached to an aromatic ring is 1. The highest BCUT2D eigenvalue weighted by molar-refractivity contribution is 5.97. The number of nitrogens with two attached hydrogens (primary N) is 1. The van der Waals surface area contributed by atoms with Crippen molar-refractivity contribution in [2.45, 2.75) is 13.8 Å². The molecule has 2 aromatic heterocycles. The second kappa shape index (κ2) is 4.35. The molecule has 0 fully saturated rings. The number of rotatable bonds is 1. The summed E-state index contributed by atoms with van der Waals surface area (Å²) in [5.74, 6) is 0. The average molecular weight is 249 g/mol. The molecule has 19 heavy (non-hydrogen) atoms.